The van der Waals surface area contributed by atoms with Gasteiger partial charge in [-0.1, -0.05) is 12.1 Å². The molecule has 3 aromatic rings. The van der Waals surface area contributed by atoms with Gasteiger partial charge in [-0.25, -0.2) is 9.37 Å². The lowest BCUT2D eigenvalue weighted by molar-refractivity contribution is 0.0970. The van der Waals surface area contributed by atoms with Crippen LogP contribution in [0.25, 0.3) is 10.2 Å². The number of rotatable bonds is 3. The maximum Gasteiger partial charge on any atom is 0.271 e. The van der Waals surface area contributed by atoms with Gasteiger partial charge in [-0.3, -0.25) is 14.2 Å². The number of benzene rings is 1. The number of hydrogen-bond donors (Lipinski definition) is 0. The number of carbonyl (C=O) groups excluding carboxylic acids is 1. The third-order valence-electron chi connectivity index (χ3n) is 2.90. The van der Waals surface area contributed by atoms with Gasteiger partial charge in [0, 0.05) is 5.56 Å². The molecule has 20 heavy (non-hydrogen) atoms. The van der Waals surface area contributed by atoms with Crippen LogP contribution in [0.2, 0.25) is 0 Å². The fourth-order valence-electron chi connectivity index (χ4n) is 1.90. The zero-order valence-corrected chi connectivity index (χ0v) is 11.1. The van der Waals surface area contributed by atoms with E-state index >= 15 is 0 Å². The number of halogens is 1. The molecule has 6 heteroatoms. The van der Waals surface area contributed by atoms with E-state index < -0.39 is 5.82 Å². The lowest BCUT2D eigenvalue weighted by Crippen LogP contribution is -2.24. The minimum Gasteiger partial charge on any atom is -0.292 e. The third kappa shape index (κ3) is 2.25. The molecule has 0 spiro atoms. The molecule has 4 nitrogen and oxygen atoms in total. The Morgan fingerprint density at radius 2 is 2.20 bits per heavy atom. The second-order valence-corrected chi connectivity index (χ2v) is 5.16. The lowest BCUT2D eigenvalue weighted by Gasteiger charge is -2.04. The van der Waals surface area contributed by atoms with Crippen LogP contribution in [0.15, 0.2) is 46.8 Å². The molecule has 0 radical (unpaired) electrons. The van der Waals surface area contributed by atoms with Crippen LogP contribution in [0.4, 0.5) is 4.39 Å². The van der Waals surface area contributed by atoms with Crippen LogP contribution in [-0.2, 0) is 6.54 Å². The highest BCUT2D eigenvalue weighted by atomic mass is 32.1. The average Bonchev–Trinajstić information content (AvgIpc) is 2.91. The van der Waals surface area contributed by atoms with Crippen LogP contribution in [-0.4, -0.2) is 15.3 Å². The molecule has 0 saturated heterocycles. The molecule has 0 atom stereocenters. The Morgan fingerprint density at radius 1 is 1.35 bits per heavy atom. The Bertz CT molecular complexity index is 854. The van der Waals surface area contributed by atoms with E-state index in [1.807, 2.05) is 0 Å². The molecule has 3 rings (SSSR count). The Labute approximate surface area is 117 Å². The standard InChI is InChI=1S/C14H9FN2O2S/c15-10-3-1-2-9(6-10)12(18)7-17-8-16-11-4-5-20-13(11)14(17)19/h1-6,8H,7H2. The summed E-state index contributed by atoms with van der Waals surface area (Å²) in [5.41, 5.74) is 0.604. The summed E-state index contributed by atoms with van der Waals surface area (Å²) in [5, 5.41) is 1.78. The summed E-state index contributed by atoms with van der Waals surface area (Å²) >= 11 is 1.29. The second kappa shape index (κ2) is 4.97. The van der Waals surface area contributed by atoms with Crippen LogP contribution in [0, 0.1) is 5.82 Å². The van der Waals surface area contributed by atoms with E-state index in [1.165, 1.54) is 40.4 Å². The molecule has 100 valence electrons. The zero-order chi connectivity index (χ0) is 14.1. The van der Waals surface area contributed by atoms with Gasteiger partial charge in [-0.2, -0.15) is 0 Å². The number of aromatic nitrogens is 2. The quantitative estimate of drug-likeness (QED) is 0.696. The summed E-state index contributed by atoms with van der Waals surface area (Å²) in [5.74, 6) is -0.806. The maximum absolute atomic E-state index is 13.1. The molecule has 0 aliphatic carbocycles. The molecule has 1 aromatic carbocycles. The van der Waals surface area contributed by atoms with E-state index in [1.54, 1.807) is 11.4 Å². The van der Waals surface area contributed by atoms with Crippen LogP contribution in [0.1, 0.15) is 10.4 Å². The minimum absolute atomic E-state index is 0.150. The molecule has 0 unspecified atom stereocenters. The van der Waals surface area contributed by atoms with Crippen molar-refractivity contribution in [1.29, 1.82) is 0 Å². The number of fused-ring (bicyclic) bond motifs is 1. The summed E-state index contributed by atoms with van der Waals surface area (Å²) < 4.78 is 14.8. The van der Waals surface area contributed by atoms with Crippen molar-refractivity contribution >= 4 is 27.3 Å². The van der Waals surface area contributed by atoms with Crippen LogP contribution >= 0.6 is 11.3 Å². The lowest BCUT2D eigenvalue weighted by atomic mass is 10.1. The molecule has 0 amide bonds. The number of Topliss-reactive ketones (excluding diaryl/α,β-unsaturated/α-hetero) is 1. The Morgan fingerprint density at radius 3 is 3.00 bits per heavy atom. The van der Waals surface area contributed by atoms with Gasteiger partial charge in [0.05, 0.1) is 18.4 Å². The van der Waals surface area contributed by atoms with Crippen molar-refractivity contribution in [2.75, 3.05) is 0 Å². The van der Waals surface area contributed by atoms with Gasteiger partial charge in [-0.05, 0) is 23.6 Å². The first-order valence-electron chi connectivity index (χ1n) is 5.86. The van der Waals surface area contributed by atoms with Crippen molar-refractivity contribution in [1.82, 2.24) is 9.55 Å². The number of hydrogen-bond acceptors (Lipinski definition) is 4. The molecular formula is C14H9FN2O2S. The van der Waals surface area contributed by atoms with Crippen LogP contribution in [0.5, 0.6) is 0 Å². The molecule has 0 N–H and O–H groups in total. The number of carbonyl (C=O) groups is 1. The Hall–Kier alpha value is -2.34. The second-order valence-electron chi connectivity index (χ2n) is 4.25. The van der Waals surface area contributed by atoms with Crippen molar-refractivity contribution in [2.24, 2.45) is 0 Å². The molecule has 2 aromatic heterocycles. The fourth-order valence-corrected chi connectivity index (χ4v) is 2.69. The topological polar surface area (TPSA) is 52.0 Å². The largest absolute Gasteiger partial charge is 0.292 e. The molecule has 0 fully saturated rings. The van der Waals surface area contributed by atoms with Crippen molar-refractivity contribution in [3.05, 3.63) is 63.8 Å². The Kier molecular flexibility index (Phi) is 3.15. The number of ketones is 1. The first kappa shape index (κ1) is 12.7. The van der Waals surface area contributed by atoms with Crippen molar-refractivity contribution < 1.29 is 9.18 Å². The van der Waals surface area contributed by atoms with E-state index in [2.05, 4.69) is 4.98 Å². The summed E-state index contributed by atoms with van der Waals surface area (Å²) in [7, 11) is 0. The summed E-state index contributed by atoms with van der Waals surface area (Å²) in [4.78, 5) is 28.3. The third-order valence-corrected chi connectivity index (χ3v) is 3.79. The van der Waals surface area contributed by atoms with Gasteiger partial charge >= 0.3 is 0 Å². The minimum atomic E-state index is -0.477. The highest BCUT2D eigenvalue weighted by Gasteiger charge is 2.11. The maximum atomic E-state index is 13.1. The Balaban J connectivity index is 1.95. The predicted octanol–water partition coefficient (Wildman–Crippen LogP) is 2.48. The molecule has 0 bridgehead atoms. The van der Waals surface area contributed by atoms with Crippen molar-refractivity contribution in [2.45, 2.75) is 6.54 Å². The number of nitrogens with zero attached hydrogens (tertiary/aromatic N) is 2. The highest BCUT2D eigenvalue weighted by Crippen LogP contribution is 2.13. The predicted molar refractivity (Wildman–Crippen MR) is 74.6 cm³/mol. The first-order chi connectivity index (χ1) is 9.65. The monoisotopic (exact) mass is 288 g/mol. The van der Waals surface area contributed by atoms with Gasteiger partial charge in [0.1, 0.15) is 10.5 Å². The zero-order valence-electron chi connectivity index (χ0n) is 10.2. The van der Waals surface area contributed by atoms with E-state index in [0.717, 1.165) is 6.07 Å². The van der Waals surface area contributed by atoms with Crippen LogP contribution in [0.3, 0.4) is 0 Å². The van der Waals surface area contributed by atoms with Crippen molar-refractivity contribution in [3.63, 3.8) is 0 Å². The van der Waals surface area contributed by atoms with Gasteiger partial charge in [-0.15, -0.1) is 11.3 Å². The summed E-state index contributed by atoms with van der Waals surface area (Å²) in [6, 6.07) is 7.16. The van der Waals surface area contributed by atoms with Gasteiger partial charge in [0.15, 0.2) is 5.78 Å². The average molecular weight is 288 g/mol. The molecule has 0 aliphatic rings. The normalized spacial score (nSPS) is 10.8. The van der Waals surface area contributed by atoms with Gasteiger partial charge < -0.3 is 0 Å². The van der Waals surface area contributed by atoms with Gasteiger partial charge in [0.25, 0.3) is 5.56 Å². The fraction of sp³-hybridized carbons (Fsp3) is 0.0714. The molecular weight excluding hydrogens is 279 g/mol. The smallest absolute Gasteiger partial charge is 0.271 e. The summed E-state index contributed by atoms with van der Waals surface area (Å²) in [6.45, 7) is -0.150. The van der Waals surface area contributed by atoms with Gasteiger partial charge in [0.2, 0.25) is 0 Å². The van der Waals surface area contributed by atoms with Crippen LogP contribution < -0.4 is 5.56 Å². The molecule has 0 saturated carbocycles. The SMILES string of the molecule is O=C(Cn1cnc2ccsc2c1=O)c1cccc(F)c1. The van der Waals surface area contributed by atoms with E-state index in [0.29, 0.717) is 10.2 Å². The van der Waals surface area contributed by atoms with E-state index in [9.17, 15) is 14.0 Å². The number of thiophene rings is 1. The highest BCUT2D eigenvalue weighted by molar-refractivity contribution is 7.17. The van der Waals surface area contributed by atoms with E-state index in [-0.39, 0.29) is 23.5 Å². The van der Waals surface area contributed by atoms with Crippen molar-refractivity contribution in [3.8, 4) is 0 Å². The molecule has 0 aliphatic heterocycles. The molecule has 2 heterocycles. The van der Waals surface area contributed by atoms with E-state index in [4.69, 9.17) is 0 Å². The summed E-state index contributed by atoms with van der Waals surface area (Å²) in [6.07, 6.45) is 1.34. The first-order valence-corrected chi connectivity index (χ1v) is 6.74.